The molecule has 3 aliphatic rings. The first-order valence-electron chi connectivity index (χ1n) is 10.4. The summed E-state index contributed by atoms with van der Waals surface area (Å²) in [6.45, 7) is 10.6. The van der Waals surface area contributed by atoms with Crippen LogP contribution in [0.3, 0.4) is 0 Å². The minimum Gasteiger partial charge on any atom is -0.472 e. The van der Waals surface area contributed by atoms with E-state index >= 15 is 0 Å². The van der Waals surface area contributed by atoms with Gasteiger partial charge >= 0.3 is 0 Å². The molecule has 3 saturated heterocycles. The first-order valence-corrected chi connectivity index (χ1v) is 10.4. The lowest BCUT2D eigenvalue weighted by atomic mass is 9.60. The van der Waals surface area contributed by atoms with Crippen LogP contribution in [0.15, 0.2) is 23.0 Å². The maximum absolute atomic E-state index is 13.4. The molecule has 4 rings (SSSR count). The number of amides is 1. The fourth-order valence-corrected chi connectivity index (χ4v) is 5.76. The number of hydrogen-bond acceptors (Lipinski definition) is 5. The van der Waals surface area contributed by atoms with Crippen molar-refractivity contribution in [3.05, 3.63) is 24.2 Å². The van der Waals surface area contributed by atoms with Crippen molar-refractivity contribution in [1.82, 2.24) is 14.7 Å². The highest BCUT2D eigenvalue weighted by Crippen LogP contribution is 2.57. The van der Waals surface area contributed by atoms with Gasteiger partial charge in [0.15, 0.2) is 0 Å². The fraction of sp³-hybridized carbons (Fsp3) is 0.762. The lowest BCUT2D eigenvalue weighted by Crippen LogP contribution is -2.52. The van der Waals surface area contributed by atoms with Crippen LogP contribution in [0.5, 0.6) is 0 Å². The molecule has 1 aromatic rings. The van der Waals surface area contributed by atoms with Gasteiger partial charge in [-0.25, -0.2) is 0 Å². The van der Waals surface area contributed by atoms with Crippen LogP contribution in [0, 0.1) is 10.8 Å². The number of fused-ring (bicyclic) bond motifs is 1. The number of carbonyl (C=O) groups excluding carboxylic acids is 1. The Balaban J connectivity index is 1.51. The predicted molar refractivity (Wildman–Crippen MR) is 103 cm³/mol. The summed E-state index contributed by atoms with van der Waals surface area (Å²) in [5.74, 6) is 0.410. The Kier molecular flexibility index (Phi) is 5.32. The Labute approximate surface area is 162 Å². The summed E-state index contributed by atoms with van der Waals surface area (Å²) in [6, 6.07) is 2.05. The van der Waals surface area contributed by atoms with Crippen LogP contribution in [0.25, 0.3) is 0 Å². The number of nitrogens with zero attached hydrogens (tertiary/aromatic N) is 3. The van der Waals surface area contributed by atoms with Gasteiger partial charge in [-0.3, -0.25) is 14.6 Å². The van der Waals surface area contributed by atoms with Crippen LogP contribution >= 0.6 is 0 Å². The molecule has 0 saturated carbocycles. The molecule has 4 heterocycles. The van der Waals surface area contributed by atoms with Crippen molar-refractivity contribution in [1.29, 1.82) is 0 Å². The second kappa shape index (κ2) is 7.57. The number of ether oxygens (including phenoxy) is 1. The summed E-state index contributed by atoms with van der Waals surface area (Å²) < 4.78 is 10.5. The second-order valence-corrected chi connectivity index (χ2v) is 8.61. The minimum atomic E-state index is -0.182. The maximum Gasteiger partial charge on any atom is 0.230 e. The monoisotopic (exact) mass is 375 g/mol. The summed E-state index contributed by atoms with van der Waals surface area (Å²) in [4.78, 5) is 20.5. The van der Waals surface area contributed by atoms with Crippen molar-refractivity contribution in [2.45, 2.75) is 32.7 Å². The third kappa shape index (κ3) is 3.22. The van der Waals surface area contributed by atoms with Gasteiger partial charge in [-0.2, -0.15) is 0 Å². The maximum atomic E-state index is 13.4. The average molecular weight is 376 g/mol. The molecule has 0 N–H and O–H groups in total. The van der Waals surface area contributed by atoms with Gasteiger partial charge < -0.3 is 14.1 Å². The van der Waals surface area contributed by atoms with Crippen molar-refractivity contribution in [3.8, 4) is 0 Å². The van der Waals surface area contributed by atoms with Gasteiger partial charge in [-0.1, -0.05) is 0 Å². The molecule has 1 amide bonds. The number of rotatable bonds is 6. The molecule has 0 radical (unpaired) electrons. The zero-order chi connectivity index (χ0) is 18.9. The predicted octanol–water partition coefficient (Wildman–Crippen LogP) is 2.06. The normalized spacial score (nSPS) is 28.8. The average Bonchev–Trinajstić information content (AvgIpc) is 3.37. The van der Waals surface area contributed by atoms with Crippen molar-refractivity contribution in [2.75, 3.05) is 59.5 Å². The van der Waals surface area contributed by atoms with E-state index in [4.69, 9.17) is 9.15 Å². The first kappa shape index (κ1) is 19.0. The summed E-state index contributed by atoms with van der Waals surface area (Å²) >= 11 is 0. The fourth-order valence-electron chi connectivity index (χ4n) is 5.76. The Morgan fingerprint density at radius 3 is 2.59 bits per heavy atom. The third-order valence-electron chi connectivity index (χ3n) is 7.33. The summed E-state index contributed by atoms with van der Waals surface area (Å²) in [6.07, 6.45) is 6.82. The molecule has 27 heavy (non-hydrogen) atoms. The molecule has 3 fully saturated rings. The molecule has 1 unspecified atom stereocenters. The number of likely N-dealkylation sites (tertiary alicyclic amines) is 3. The Bertz CT molecular complexity index is 639. The van der Waals surface area contributed by atoms with Crippen LogP contribution in [0.2, 0.25) is 0 Å². The van der Waals surface area contributed by atoms with E-state index in [1.165, 1.54) is 5.56 Å². The molecule has 2 spiro atoms. The van der Waals surface area contributed by atoms with E-state index in [2.05, 4.69) is 21.6 Å². The SMILES string of the molecule is CCN1CCC2(CN(CCOC)CC23CCN(Cc2ccoc2)CC3)C1=O. The van der Waals surface area contributed by atoms with Crippen LogP contribution in [-0.4, -0.2) is 80.1 Å². The molecule has 0 aliphatic carbocycles. The number of hydrogen-bond donors (Lipinski definition) is 0. The zero-order valence-corrected chi connectivity index (χ0v) is 16.8. The Morgan fingerprint density at radius 2 is 1.96 bits per heavy atom. The van der Waals surface area contributed by atoms with Gasteiger partial charge in [-0.15, -0.1) is 0 Å². The van der Waals surface area contributed by atoms with Crippen LogP contribution in [0.1, 0.15) is 31.7 Å². The smallest absolute Gasteiger partial charge is 0.230 e. The zero-order valence-electron chi connectivity index (χ0n) is 16.8. The highest BCUT2D eigenvalue weighted by Gasteiger charge is 2.64. The van der Waals surface area contributed by atoms with E-state index < -0.39 is 0 Å². The third-order valence-corrected chi connectivity index (χ3v) is 7.33. The van der Waals surface area contributed by atoms with Crippen LogP contribution < -0.4 is 0 Å². The molecule has 150 valence electrons. The number of carbonyl (C=O) groups is 1. The Morgan fingerprint density at radius 1 is 1.15 bits per heavy atom. The summed E-state index contributed by atoms with van der Waals surface area (Å²) in [5.41, 5.74) is 1.18. The van der Waals surface area contributed by atoms with Gasteiger partial charge in [0.1, 0.15) is 0 Å². The highest BCUT2D eigenvalue weighted by molar-refractivity contribution is 5.86. The van der Waals surface area contributed by atoms with Gasteiger partial charge in [0.2, 0.25) is 5.91 Å². The van der Waals surface area contributed by atoms with Crippen LogP contribution in [-0.2, 0) is 16.1 Å². The lowest BCUT2D eigenvalue weighted by Gasteiger charge is -2.47. The van der Waals surface area contributed by atoms with Gasteiger partial charge in [0, 0.05) is 57.4 Å². The van der Waals surface area contributed by atoms with Crippen LogP contribution in [0.4, 0.5) is 0 Å². The van der Waals surface area contributed by atoms with Gasteiger partial charge in [0.25, 0.3) is 0 Å². The largest absolute Gasteiger partial charge is 0.472 e. The number of piperidine rings is 1. The van der Waals surface area contributed by atoms with Crippen molar-refractivity contribution in [2.24, 2.45) is 10.8 Å². The Hall–Kier alpha value is -1.37. The molecule has 1 aromatic heterocycles. The molecule has 6 nitrogen and oxygen atoms in total. The van der Waals surface area contributed by atoms with Crippen molar-refractivity contribution in [3.63, 3.8) is 0 Å². The van der Waals surface area contributed by atoms with Gasteiger partial charge in [0.05, 0.1) is 24.5 Å². The van der Waals surface area contributed by atoms with E-state index in [0.717, 1.165) is 78.2 Å². The molecular weight excluding hydrogens is 342 g/mol. The molecule has 1 atom stereocenters. The molecule has 6 heteroatoms. The highest BCUT2D eigenvalue weighted by atomic mass is 16.5. The standard InChI is InChI=1S/C21H33N3O3/c1-3-24-10-7-21(19(24)25)17-23(11-13-26-2)16-20(21)5-8-22(9-6-20)14-18-4-12-27-15-18/h4,12,15H,3,5-11,13-14,16-17H2,1-2H3. The molecular formula is C21H33N3O3. The number of furan rings is 1. The van der Waals surface area contributed by atoms with E-state index in [9.17, 15) is 4.79 Å². The minimum absolute atomic E-state index is 0.120. The summed E-state index contributed by atoms with van der Waals surface area (Å²) in [7, 11) is 1.76. The first-order chi connectivity index (χ1) is 13.1. The van der Waals surface area contributed by atoms with E-state index in [0.29, 0.717) is 5.91 Å². The molecule has 3 aliphatic heterocycles. The van der Waals surface area contributed by atoms with Crippen molar-refractivity contribution >= 4 is 5.91 Å². The lowest BCUT2D eigenvalue weighted by molar-refractivity contribution is -0.142. The van der Waals surface area contributed by atoms with Gasteiger partial charge in [-0.05, 0) is 45.3 Å². The van der Waals surface area contributed by atoms with E-state index in [1.807, 2.05) is 12.3 Å². The van der Waals surface area contributed by atoms with Crippen molar-refractivity contribution < 1.29 is 13.9 Å². The molecule has 0 bridgehead atoms. The van der Waals surface area contributed by atoms with E-state index in [1.54, 1.807) is 13.4 Å². The number of methoxy groups -OCH3 is 1. The topological polar surface area (TPSA) is 49.2 Å². The second-order valence-electron chi connectivity index (χ2n) is 8.61. The quantitative estimate of drug-likeness (QED) is 0.762. The van der Waals surface area contributed by atoms with E-state index in [-0.39, 0.29) is 10.8 Å². The molecule has 0 aromatic carbocycles. The summed E-state index contributed by atoms with van der Waals surface area (Å²) in [5, 5.41) is 0.